The van der Waals surface area contributed by atoms with E-state index in [1.54, 1.807) is 71.2 Å². The number of anilines is 1. The summed E-state index contributed by atoms with van der Waals surface area (Å²) in [5, 5.41) is 44.4. The van der Waals surface area contributed by atoms with E-state index in [1.165, 1.54) is 44.0 Å². The molecule has 0 unspecified atom stereocenters. The molecule has 0 amide bonds. The third kappa shape index (κ3) is 22.7. The number of phenolic OH excluding ortho intramolecular Hbond substituents is 1. The lowest BCUT2D eigenvalue weighted by molar-refractivity contribution is -0.384. The zero-order valence-electron chi connectivity index (χ0n) is 62.6. The lowest BCUT2D eigenvalue weighted by atomic mass is 10.0. The lowest BCUT2D eigenvalue weighted by Crippen LogP contribution is -2.28. The van der Waals surface area contributed by atoms with E-state index < -0.39 is 32.4 Å². The zero-order valence-corrected chi connectivity index (χ0v) is 71.4. The van der Waals surface area contributed by atoms with Crippen molar-refractivity contribution < 1.29 is 65.0 Å². The molecule has 20 nitrogen and oxygen atoms in total. The Morgan fingerprint density at radius 2 is 0.875 bits per heavy atom. The van der Waals surface area contributed by atoms with Gasteiger partial charge in [-0.25, -0.2) is 0 Å². The zero-order chi connectivity index (χ0) is 82.5. The van der Waals surface area contributed by atoms with Crippen molar-refractivity contribution in [1.29, 1.82) is 0 Å². The molecule has 0 radical (unpaired) electrons. The number of aliphatic hydroxyl groups excluding tert-OH is 2. The highest BCUT2D eigenvalue weighted by atomic mass is 79.9. The molecule has 0 fully saturated rings. The average Bonchev–Trinajstić information content (AvgIpc) is 0.762. The minimum Gasteiger partial charge on any atom is -0.506 e. The van der Waals surface area contributed by atoms with E-state index in [-0.39, 0.29) is 22.3 Å². The van der Waals surface area contributed by atoms with Crippen molar-refractivity contribution in [3.8, 4) is 34.5 Å². The summed E-state index contributed by atoms with van der Waals surface area (Å²) in [5.74, 6) is 3.24. The number of aryl methyl sites for hydroxylation is 8. The minimum absolute atomic E-state index is 0.0910. The molecule has 0 spiro atoms. The molecule has 0 saturated carbocycles. The largest absolute Gasteiger partial charge is 0.534 e. The number of alkyl halides is 3. The second kappa shape index (κ2) is 41.0. The number of nitro groups is 1. The van der Waals surface area contributed by atoms with Crippen molar-refractivity contribution in [2.75, 3.05) is 40.8 Å². The lowest BCUT2D eigenvalue weighted by Gasteiger charge is -2.15. The third-order valence-electron chi connectivity index (χ3n) is 16.7. The summed E-state index contributed by atoms with van der Waals surface area (Å²) in [7, 11) is 0.833. The van der Waals surface area contributed by atoms with Gasteiger partial charge in [-0.1, -0.05) is 49.1 Å². The number of ether oxygens (including phenoxy) is 4. The molecule has 14 aromatic rings. The van der Waals surface area contributed by atoms with Crippen LogP contribution in [-0.4, -0.2) is 99.1 Å². The van der Waals surface area contributed by atoms with Gasteiger partial charge in [-0.15, -0.1) is 0 Å². The minimum atomic E-state index is -5.71. The molecule has 14 rings (SSSR count). The molecule has 6 aromatic heterocycles. The maximum Gasteiger partial charge on any atom is 0.534 e. The third-order valence-corrected chi connectivity index (χ3v) is 21.7. The Bertz CT molecular complexity index is 5840. The summed E-state index contributed by atoms with van der Waals surface area (Å²) in [6.45, 7) is 18.5. The molecule has 0 aliphatic carbocycles. The van der Waals surface area contributed by atoms with Gasteiger partial charge in [0.05, 0.1) is 86.5 Å². The van der Waals surface area contributed by atoms with Crippen LogP contribution in [0, 0.1) is 65.5 Å². The van der Waals surface area contributed by atoms with E-state index in [1.807, 2.05) is 150 Å². The average molecular weight is 1870 g/mol. The number of nitrogen functional groups attached to an aromatic ring is 1. The number of non-ortho nitro benzene ring substituents is 1. The van der Waals surface area contributed by atoms with Crippen LogP contribution in [0.4, 0.5) is 24.5 Å². The molecule has 584 valence electrons. The molecule has 1 atom stereocenters. The van der Waals surface area contributed by atoms with Gasteiger partial charge in [0.1, 0.15) is 34.9 Å². The predicted molar refractivity (Wildman–Crippen MR) is 456 cm³/mol. The summed E-state index contributed by atoms with van der Waals surface area (Å²) >= 11 is 17.0. The monoisotopic (exact) mass is 1860 g/mol. The van der Waals surface area contributed by atoms with Crippen LogP contribution < -0.4 is 28.9 Å². The SMILES string of the molecule is C=Cc1c(C)cc2ncccc2c1Br.COc1c(C)cc2ncccc2c1Br.COc1cc2cccnc2cc1C.COc1ccc(N)cc1C.COc1ccc([N+](=O)[O-])cc1C.Cc1cc2ncccc2c(Br)c1O.Cc1cc2ncccc2c(Br)c1OS(=O)(=O)C(F)(F)F.Cc1cc2ncccc2c(Br)c1[C@H](O)CO. The number of rotatable bonds is 10. The molecule has 8 aromatic carbocycles. The van der Waals surface area contributed by atoms with Gasteiger partial charge in [0.15, 0.2) is 5.75 Å². The van der Waals surface area contributed by atoms with Crippen molar-refractivity contribution in [3.05, 3.63) is 284 Å². The van der Waals surface area contributed by atoms with Crippen LogP contribution in [0.3, 0.4) is 0 Å². The maximum atomic E-state index is 12.4. The number of phenols is 1. The van der Waals surface area contributed by atoms with Crippen LogP contribution in [0.5, 0.6) is 34.5 Å². The summed E-state index contributed by atoms with van der Waals surface area (Å²) in [6, 6.07) is 46.1. The van der Waals surface area contributed by atoms with Crippen LogP contribution in [0.15, 0.2) is 218 Å². The second-order valence-electron chi connectivity index (χ2n) is 24.5. The van der Waals surface area contributed by atoms with Crippen molar-refractivity contribution in [1.82, 2.24) is 29.9 Å². The fraction of sp³-hybridized carbons (Fsp3) is 0.181. The van der Waals surface area contributed by atoms with Gasteiger partial charge >= 0.3 is 15.6 Å². The van der Waals surface area contributed by atoms with E-state index in [0.29, 0.717) is 22.4 Å². The number of benzene rings is 8. The summed E-state index contributed by atoms with van der Waals surface area (Å²) in [4.78, 5) is 35.3. The van der Waals surface area contributed by atoms with E-state index in [4.69, 9.17) is 29.8 Å². The Labute approximate surface area is 687 Å². The van der Waals surface area contributed by atoms with Crippen LogP contribution in [0.1, 0.15) is 61.7 Å². The molecule has 0 bridgehead atoms. The Morgan fingerprint density at radius 3 is 1.31 bits per heavy atom. The van der Waals surface area contributed by atoms with E-state index in [2.05, 4.69) is 139 Å². The molecule has 29 heteroatoms. The van der Waals surface area contributed by atoms with Gasteiger partial charge in [-0.05, 0) is 288 Å². The van der Waals surface area contributed by atoms with E-state index >= 15 is 0 Å². The first-order chi connectivity index (χ1) is 53.1. The van der Waals surface area contributed by atoms with Crippen molar-refractivity contribution in [3.63, 3.8) is 0 Å². The fourth-order valence-electron chi connectivity index (χ4n) is 11.1. The summed E-state index contributed by atoms with van der Waals surface area (Å²) < 4.78 is 87.6. The Kier molecular flexibility index (Phi) is 32.7. The highest BCUT2D eigenvalue weighted by Crippen LogP contribution is 2.41. The number of aromatic nitrogens is 6. The van der Waals surface area contributed by atoms with Gasteiger partial charge in [0.25, 0.3) is 5.69 Å². The van der Waals surface area contributed by atoms with Crippen LogP contribution in [-0.2, 0) is 10.1 Å². The number of methoxy groups -OCH3 is 4. The molecule has 0 aliphatic rings. The standard InChI is InChI=1S/C12H12BrNO2.C12H10BrN.C11H7BrF3NO3S.C11H10BrNO.C11H11NO.C10H8BrNO.C8H9NO3.C8H11NO/c1-7-5-9-8(3-2-4-14-9)12(13)11(7)10(16)6-15;1-3-9-8(2)7-11-10(12(9)13)5-4-6-14-11;1-6-5-8-7(3-2-4-16-8)9(12)10(6)19-20(17,18)11(13,14)15;1-7-6-9-8(4-3-5-13-9)10(12)11(7)14-2;1-8-6-10-9(4-3-5-12-10)7-11(8)13-2;1-6-5-8-7(3-2-4-12-8)9(11)10(6)13;1-6-5-7(9(10)11)3-4-8(6)12-2;1-6-5-7(9)3-4-8(6)10-2/h2-5,10,15-16H,6H2,1H3;3-7H,1H2,2H3;2-5H,1H3;3-6H,1-2H3;3-7H,1-2H3;2-5,13H,1H3;3-5H,1-2H3;3-5H,9H2,1-2H3/t10-;;;;;;;/m1......./s1. The number of fused-ring (bicyclic) bond motifs is 6. The first-order valence-corrected chi connectivity index (χ1v) is 39.0. The fourth-order valence-corrected chi connectivity index (χ4v) is 15.6. The van der Waals surface area contributed by atoms with Crippen LogP contribution in [0.25, 0.3) is 71.5 Å². The first-order valence-electron chi connectivity index (χ1n) is 33.6. The molecule has 0 saturated heterocycles. The number of halogens is 8. The Balaban J connectivity index is 0.000000179. The summed E-state index contributed by atoms with van der Waals surface area (Å²) in [5.41, 5.74) is 15.3. The van der Waals surface area contributed by atoms with E-state index in [0.717, 1.165) is 140 Å². The van der Waals surface area contributed by atoms with Gasteiger partial charge in [0, 0.05) is 102 Å². The molecule has 6 heterocycles. The molecular weight excluding hydrogens is 1790 g/mol. The summed E-state index contributed by atoms with van der Waals surface area (Å²) in [6.07, 6.45) is 11.4. The highest BCUT2D eigenvalue weighted by molar-refractivity contribution is 9.11. The van der Waals surface area contributed by atoms with Crippen molar-refractivity contribution >= 4 is 173 Å². The van der Waals surface area contributed by atoms with Crippen molar-refractivity contribution in [2.45, 2.75) is 67.0 Å². The molecule has 5 N–H and O–H groups in total. The van der Waals surface area contributed by atoms with Crippen LogP contribution >= 0.6 is 79.6 Å². The van der Waals surface area contributed by atoms with Gasteiger partial charge in [-0.2, -0.15) is 21.6 Å². The number of aliphatic hydroxyl groups is 2. The van der Waals surface area contributed by atoms with Gasteiger partial charge in [-0.3, -0.25) is 40.0 Å². The number of pyridine rings is 6. The Morgan fingerprint density at radius 1 is 0.491 bits per heavy atom. The number of nitrogens with zero attached hydrogens (tertiary/aromatic N) is 7. The topological polar surface area (TPSA) is 287 Å². The predicted octanol–water partition coefficient (Wildman–Crippen LogP) is 22.2. The number of aromatic hydroxyl groups is 1. The normalized spacial score (nSPS) is 11.0. The Hall–Kier alpha value is -9.98. The second-order valence-corrected chi connectivity index (χ2v) is 30.0. The quantitative estimate of drug-likeness (QED) is 0.0325. The smallest absolute Gasteiger partial charge is 0.506 e. The van der Waals surface area contributed by atoms with E-state index in [9.17, 15) is 41.9 Å². The van der Waals surface area contributed by atoms with Gasteiger partial charge < -0.3 is 44.2 Å². The van der Waals surface area contributed by atoms with Crippen LogP contribution in [0.2, 0.25) is 0 Å². The first kappa shape index (κ1) is 89.2. The highest BCUT2D eigenvalue weighted by Gasteiger charge is 2.49. The number of hydrogen-bond donors (Lipinski definition) is 4. The maximum absolute atomic E-state index is 12.4. The molecular formula is C83H78Br5F3N8O12S. The number of nitro benzene ring substituents is 1. The van der Waals surface area contributed by atoms with Crippen molar-refractivity contribution in [2.24, 2.45) is 0 Å². The number of hydrogen-bond acceptors (Lipinski definition) is 19. The molecule has 0 aliphatic heterocycles. The molecule has 112 heavy (non-hydrogen) atoms. The van der Waals surface area contributed by atoms with Gasteiger partial charge in [0.2, 0.25) is 0 Å². The number of nitrogens with two attached hydrogens (primary N) is 1.